The van der Waals surface area contributed by atoms with Crippen molar-refractivity contribution in [3.05, 3.63) is 56.4 Å². The van der Waals surface area contributed by atoms with Gasteiger partial charge in [-0.3, -0.25) is 14.3 Å². The molecule has 0 radical (unpaired) electrons. The van der Waals surface area contributed by atoms with Gasteiger partial charge in [0.2, 0.25) is 0 Å². The molecule has 2 aromatic heterocycles. The Morgan fingerprint density at radius 1 is 1.25 bits per heavy atom. The minimum atomic E-state index is -0.406. The van der Waals surface area contributed by atoms with E-state index in [-0.39, 0.29) is 17.9 Å². The van der Waals surface area contributed by atoms with E-state index in [1.807, 2.05) is 44.9 Å². The van der Waals surface area contributed by atoms with Crippen molar-refractivity contribution >= 4 is 11.5 Å². The number of piperidine rings is 1. The normalized spacial score (nSPS) is 21.1. The van der Waals surface area contributed by atoms with Crippen LogP contribution in [0.1, 0.15) is 32.4 Å². The van der Waals surface area contributed by atoms with Crippen molar-refractivity contribution in [1.82, 2.24) is 19.0 Å². The molecule has 1 fully saturated rings. The van der Waals surface area contributed by atoms with Crippen LogP contribution in [-0.2, 0) is 7.05 Å². The van der Waals surface area contributed by atoms with Gasteiger partial charge in [-0.05, 0) is 45.7 Å². The molecule has 9 nitrogen and oxygen atoms in total. The maximum Gasteiger partial charge on any atom is 0.338 e. The largest absolute Gasteiger partial charge is 0.338 e. The minimum absolute atomic E-state index is 0.100. The second kappa shape index (κ2) is 8.55. The van der Waals surface area contributed by atoms with Crippen LogP contribution >= 0.6 is 0 Å². The summed E-state index contributed by atoms with van der Waals surface area (Å²) in [6.45, 7) is 8.13. The number of nitrogens with two attached hydrogens (primary N) is 1. The van der Waals surface area contributed by atoms with E-state index < -0.39 is 5.69 Å². The van der Waals surface area contributed by atoms with E-state index >= 15 is 0 Å². The lowest BCUT2D eigenvalue weighted by Crippen LogP contribution is -2.59. The highest BCUT2D eigenvalue weighted by atomic mass is 16.2. The zero-order valence-corrected chi connectivity index (χ0v) is 19.6. The Morgan fingerprint density at radius 2 is 2.00 bits per heavy atom. The molecule has 0 spiro atoms. The first kappa shape index (κ1) is 22.3. The van der Waals surface area contributed by atoms with Gasteiger partial charge in [0.1, 0.15) is 17.3 Å². The molecule has 0 bridgehead atoms. The number of aromatic nitrogens is 3. The van der Waals surface area contributed by atoms with E-state index in [2.05, 4.69) is 20.9 Å². The molecule has 9 heteroatoms. The predicted molar refractivity (Wildman–Crippen MR) is 128 cm³/mol. The molecule has 2 aliphatic heterocycles. The molecule has 0 aromatic carbocycles. The van der Waals surface area contributed by atoms with Gasteiger partial charge in [0.05, 0.1) is 0 Å². The van der Waals surface area contributed by atoms with Gasteiger partial charge in [0.25, 0.3) is 5.56 Å². The van der Waals surface area contributed by atoms with E-state index in [1.54, 1.807) is 17.7 Å². The van der Waals surface area contributed by atoms with E-state index in [9.17, 15) is 9.59 Å². The van der Waals surface area contributed by atoms with Crippen LogP contribution in [0.2, 0.25) is 0 Å². The number of rotatable bonds is 4. The number of aryl methyl sites for hydroxylation is 1. The summed E-state index contributed by atoms with van der Waals surface area (Å²) in [5, 5.41) is 0. The van der Waals surface area contributed by atoms with Crippen LogP contribution in [0, 0.1) is 6.92 Å². The fraction of sp³-hybridized carbons (Fsp3) is 0.522. The topological polar surface area (TPSA) is 92.6 Å². The van der Waals surface area contributed by atoms with Crippen LogP contribution in [-0.4, -0.2) is 58.0 Å². The van der Waals surface area contributed by atoms with Gasteiger partial charge in [-0.1, -0.05) is 17.7 Å². The first-order valence-electron chi connectivity index (χ1n) is 11.1. The molecule has 32 heavy (non-hydrogen) atoms. The zero-order chi connectivity index (χ0) is 23.2. The van der Waals surface area contributed by atoms with Crippen LogP contribution in [0.4, 0.5) is 11.5 Å². The van der Waals surface area contributed by atoms with Gasteiger partial charge >= 0.3 is 5.69 Å². The van der Waals surface area contributed by atoms with Crippen molar-refractivity contribution in [2.45, 2.75) is 45.9 Å². The second-order valence-corrected chi connectivity index (χ2v) is 9.08. The van der Waals surface area contributed by atoms with E-state index in [0.29, 0.717) is 23.9 Å². The summed E-state index contributed by atoms with van der Waals surface area (Å²) in [6, 6.07) is 5.45. The molecule has 2 aliphatic rings. The Labute approximate surface area is 188 Å². The third kappa shape index (κ3) is 3.75. The molecule has 0 amide bonds. The first-order chi connectivity index (χ1) is 15.2. The van der Waals surface area contributed by atoms with Crippen molar-refractivity contribution in [3.8, 4) is 5.82 Å². The number of nitrogens with zero attached hydrogens (tertiary/aromatic N) is 6. The predicted octanol–water partition coefficient (Wildman–Crippen LogP) is 1.17. The number of likely N-dealkylation sites (tertiary alicyclic amines) is 1. The summed E-state index contributed by atoms with van der Waals surface area (Å²) >= 11 is 0. The van der Waals surface area contributed by atoms with Crippen LogP contribution in [0.5, 0.6) is 0 Å². The molecule has 0 saturated carbocycles. The first-order valence-corrected chi connectivity index (χ1v) is 11.1. The van der Waals surface area contributed by atoms with Crippen molar-refractivity contribution < 1.29 is 0 Å². The number of pyridine rings is 1. The average Bonchev–Trinajstić information content (AvgIpc) is 3.03. The smallest absolute Gasteiger partial charge is 0.327 e. The lowest BCUT2D eigenvalue weighted by molar-refractivity contribution is 0.149. The van der Waals surface area contributed by atoms with Crippen molar-refractivity contribution in [2.75, 3.05) is 36.5 Å². The molecular formula is C23H33N7O2. The third-order valence-corrected chi connectivity index (χ3v) is 6.27. The van der Waals surface area contributed by atoms with Gasteiger partial charge in [-0.25, -0.2) is 14.3 Å². The van der Waals surface area contributed by atoms with Gasteiger partial charge < -0.3 is 15.5 Å². The molecule has 172 valence electrons. The maximum atomic E-state index is 13.8. The molecule has 2 aromatic rings. The Bertz CT molecular complexity index is 1160. The number of hydrogen-bond acceptors (Lipinski definition) is 7. The lowest BCUT2D eigenvalue weighted by Gasteiger charge is -2.42. The van der Waals surface area contributed by atoms with Crippen molar-refractivity contribution in [1.29, 1.82) is 0 Å². The van der Waals surface area contributed by atoms with Crippen molar-refractivity contribution in [3.63, 3.8) is 0 Å². The van der Waals surface area contributed by atoms with Gasteiger partial charge in [-0.15, -0.1) is 0 Å². The number of fused-ring (bicyclic) bond motifs is 1. The van der Waals surface area contributed by atoms with E-state index in [1.165, 1.54) is 10.1 Å². The van der Waals surface area contributed by atoms with Gasteiger partial charge in [0.15, 0.2) is 6.29 Å². The number of hydrogen-bond donors (Lipinski definition) is 1. The average molecular weight is 440 g/mol. The monoisotopic (exact) mass is 439 g/mol. The molecule has 0 aliphatic carbocycles. The second-order valence-electron chi connectivity index (χ2n) is 9.08. The Balaban J connectivity index is 1.92. The molecule has 2 atom stereocenters. The standard InChI is InChI=1S/C23H33N7O2/c1-15(2)11-13-29-19-20(26(4)22(29)28-12-7-9-17(24)14-28)27(5)23(32)30(21(19)31)18-10-6-8-16(3)25-18/h6,8,10-11,17,22H,7,9,12-14,24H2,1-5H3. The molecular weight excluding hydrogens is 406 g/mol. The van der Waals surface area contributed by atoms with Gasteiger partial charge in [-0.2, -0.15) is 0 Å². The lowest BCUT2D eigenvalue weighted by atomic mass is 10.1. The third-order valence-electron chi connectivity index (χ3n) is 6.27. The number of anilines is 2. The Morgan fingerprint density at radius 3 is 2.66 bits per heavy atom. The Kier molecular flexibility index (Phi) is 5.96. The highest BCUT2D eigenvalue weighted by molar-refractivity contribution is 5.73. The van der Waals surface area contributed by atoms with Crippen LogP contribution < -0.4 is 26.8 Å². The molecule has 1 saturated heterocycles. The highest BCUT2D eigenvalue weighted by Crippen LogP contribution is 2.37. The Hall–Kier alpha value is -2.91. The zero-order valence-electron chi connectivity index (χ0n) is 19.6. The number of allylic oxidation sites excluding steroid dienone is 1. The van der Waals surface area contributed by atoms with Gasteiger partial charge in [0, 0.05) is 45.5 Å². The summed E-state index contributed by atoms with van der Waals surface area (Å²) in [6.07, 6.45) is 3.93. The van der Waals surface area contributed by atoms with Crippen molar-refractivity contribution in [2.24, 2.45) is 12.8 Å². The maximum absolute atomic E-state index is 13.8. The van der Waals surface area contributed by atoms with Crippen LogP contribution in [0.15, 0.2) is 39.4 Å². The van der Waals surface area contributed by atoms with Crippen LogP contribution in [0.3, 0.4) is 0 Å². The SMILES string of the molecule is CC(C)=CCN1c2c(n(C)c(=O)n(-c3cccc(C)n3)c2=O)N(C)C1N1CCCC(N)C1. The van der Waals surface area contributed by atoms with E-state index in [0.717, 1.165) is 31.6 Å². The molecule has 4 rings (SSSR count). The summed E-state index contributed by atoms with van der Waals surface area (Å²) < 4.78 is 2.74. The van der Waals surface area contributed by atoms with E-state index in [4.69, 9.17) is 5.73 Å². The quantitative estimate of drug-likeness (QED) is 0.715. The molecule has 2 unspecified atom stereocenters. The fourth-order valence-electron chi connectivity index (χ4n) is 4.79. The highest BCUT2D eigenvalue weighted by Gasteiger charge is 2.43. The summed E-state index contributed by atoms with van der Waals surface area (Å²) in [4.78, 5) is 38.0. The molecule has 4 heterocycles. The summed E-state index contributed by atoms with van der Waals surface area (Å²) in [5.41, 5.74) is 7.96. The fourth-order valence-corrected chi connectivity index (χ4v) is 4.79. The summed E-state index contributed by atoms with van der Waals surface area (Å²) in [7, 11) is 3.66. The summed E-state index contributed by atoms with van der Waals surface area (Å²) in [5.74, 6) is 0.960. The minimum Gasteiger partial charge on any atom is -0.327 e. The van der Waals surface area contributed by atoms with Crippen LogP contribution in [0.25, 0.3) is 5.82 Å². The molecule has 2 N–H and O–H groups in total.